The summed E-state index contributed by atoms with van der Waals surface area (Å²) in [6, 6.07) is 10.6. The molecule has 2 rings (SSSR count). The molecule has 0 aliphatic carbocycles. The lowest BCUT2D eigenvalue weighted by molar-refractivity contribution is -0.117. The third-order valence-electron chi connectivity index (χ3n) is 3.94. The Kier molecular flexibility index (Phi) is 6.55. The average molecular weight is 415 g/mol. The molecule has 0 heterocycles. The van der Waals surface area contributed by atoms with E-state index < -0.39 is 22.0 Å². The van der Waals surface area contributed by atoms with Crippen molar-refractivity contribution in [2.24, 2.45) is 0 Å². The number of rotatable bonds is 6. The first-order valence-corrected chi connectivity index (χ1v) is 10.6. The van der Waals surface area contributed by atoms with Crippen molar-refractivity contribution in [3.63, 3.8) is 0 Å². The second kappa shape index (κ2) is 8.29. The Morgan fingerprint density at radius 3 is 2.31 bits per heavy atom. The van der Waals surface area contributed by atoms with E-state index in [-0.39, 0.29) is 0 Å². The Labute approximate surface area is 164 Å². The van der Waals surface area contributed by atoms with Gasteiger partial charge in [-0.25, -0.2) is 8.42 Å². The summed E-state index contributed by atoms with van der Waals surface area (Å²) < 4.78 is 25.9. The summed E-state index contributed by atoms with van der Waals surface area (Å²) in [5.74, 6) is -0.432. The van der Waals surface area contributed by atoms with Crippen LogP contribution in [0.3, 0.4) is 0 Å². The van der Waals surface area contributed by atoms with Gasteiger partial charge in [0.05, 0.1) is 11.9 Å². The molecule has 0 bridgehead atoms. The van der Waals surface area contributed by atoms with Crippen molar-refractivity contribution in [3.05, 3.63) is 58.1 Å². The number of hydrogen-bond acceptors (Lipinski definition) is 3. The maximum absolute atomic E-state index is 12.8. The van der Waals surface area contributed by atoms with Gasteiger partial charge < -0.3 is 5.32 Å². The molecule has 1 atom stereocenters. The quantitative estimate of drug-likeness (QED) is 0.756. The molecule has 1 unspecified atom stereocenters. The van der Waals surface area contributed by atoms with Crippen molar-refractivity contribution in [3.8, 4) is 0 Å². The summed E-state index contributed by atoms with van der Waals surface area (Å²) in [6.07, 6.45) is 1.36. The van der Waals surface area contributed by atoms with E-state index >= 15 is 0 Å². The largest absolute Gasteiger partial charge is 0.324 e. The van der Waals surface area contributed by atoms with E-state index in [1.807, 2.05) is 0 Å². The number of carbonyl (C=O) groups excluding carboxylic acids is 1. The lowest BCUT2D eigenvalue weighted by Crippen LogP contribution is -2.47. The lowest BCUT2D eigenvalue weighted by atomic mass is 10.1. The molecule has 0 saturated carbocycles. The van der Waals surface area contributed by atoms with Crippen LogP contribution in [0.1, 0.15) is 18.9 Å². The van der Waals surface area contributed by atoms with Gasteiger partial charge in [0.25, 0.3) is 0 Å². The third kappa shape index (κ3) is 4.69. The number of nitrogens with one attached hydrogen (secondary N) is 1. The topological polar surface area (TPSA) is 66.5 Å². The summed E-state index contributed by atoms with van der Waals surface area (Å²) >= 11 is 12.0. The van der Waals surface area contributed by atoms with E-state index in [0.717, 1.165) is 16.1 Å². The van der Waals surface area contributed by atoms with E-state index in [9.17, 15) is 13.2 Å². The highest BCUT2D eigenvalue weighted by molar-refractivity contribution is 7.92. The molecule has 0 aromatic heterocycles. The van der Waals surface area contributed by atoms with Crippen molar-refractivity contribution in [1.29, 1.82) is 0 Å². The van der Waals surface area contributed by atoms with Gasteiger partial charge in [0.1, 0.15) is 6.04 Å². The Morgan fingerprint density at radius 2 is 1.77 bits per heavy atom. The monoisotopic (exact) mass is 414 g/mol. The standard InChI is InChI=1S/C18H20Cl2N2O3S/c1-4-17(18(23)21-16-7-5-6-15(20)12(16)2)22(26(3,24)25)14-10-8-13(19)9-11-14/h5-11,17H,4H2,1-3H3,(H,21,23). The van der Waals surface area contributed by atoms with E-state index in [4.69, 9.17) is 23.2 Å². The number of benzene rings is 2. The number of carbonyl (C=O) groups is 1. The van der Waals surface area contributed by atoms with Crippen LogP contribution in [0.4, 0.5) is 11.4 Å². The van der Waals surface area contributed by atoms with Crippen LogP contribution in [0.2, 0.25) is 10.0 Å². The van der Waals surface area contributed by atoms with Gasteiger partial charge in [-0.2, -0.15) is 0 Å². The van der Waals surface area contributed by atoms with E-state index in [2.05, 4.69) is 5.32 Å². The summed E-state index contributed by atoms with van der Waals surface area (Å²) in [5, 5.41) is 3.78. The van der Waals surface area contributed by atoms with Crippen LogP contribution in [0.5, 0.6) is 0 Å². The fourth-order valence-electron chi connectivity index (χ4n) is 2.61. The minimum absolute atomic E-state index is 0.293. The molecule has 26 heavy (non-hydrogen) atoms. The zero-order valence-electron chi connectivity index (χ0n) is 14.7. The highest BCUT2D eigenvalue weighted by atomic mass is 35.5. The molecule has 0 fully saturated rings. The number of amides is 1. The Morgan fingerprint density at radius 1 is 1.15 bits per heavy atom. The number of sulfonamides is 1. The third-order valence-corrected chi connectivity index (χ3v) is 5.78. The molecule has 1 N–H and O–H groups in total. The molecule has 8 heteroatoms. The first-order valence-electron chi connectivity index (χ1n) is 7.96. The maximum Gasteiger partial charge on any atom is 0.248 e. The summed E-state index contributed by atoms with van der Waals surface area (Å²) in [6.45, 7) is 3.54. The zero-order valence-corrected chi connectivity index (χ0v) is 17.0. The minimum atomic E-state index is -3.69. The van der Waals surface area contributed by atoms with Crippen LogP contribution in [0.15, 0.2) is 42.5 Å². The van der Waals surface area contributed by atoms with Crippen LogP contribution >= 0.6 is 23.2 Å². The van der Waals surface area contributed by atoms with Gasteiger partial charge in [-0.15, -0.1) is 0 Å². The normalized spacial score (nSPS) is 12.5. The molecule has 140 valence electrons. The number of anilines is 2. The Hall–Kier alpha value is -1.76. The molecular weight excluding hydrogens is 395 g/mol. The van der Waals surface area contributed by atoms with Crippen molar-refractivity contribution in [2.75, 3.05) is 15.9 Å². The molecular formula is C18H20Cl2N2O3S. The molecule has 0 aliphatic rings. The second-order valence-corrected chi connectivity index (χ2v) is 8.56. The fraction of sp³-hybridized carbons (Fsp3) is 0.278. The number of hydrogen-bond donors (Lipinski definition) is 1. The van der Waals surface area contributed by atoms with E-state index in [0.29, 0.717) is 27.8 Å². The molecule has 0 radical (unpaired) electrons. The lowest BCUT2D eigenvalue weighted by Gasteiger charge is -2.30. The van der Waals surface area contributed by atoms with Crippen LogP contribution in [0, 0.1) is 6.92 Å². The van der Waals surface area contributed by atoms with Gasteiger partial charge in [-0.1, -0.05) is 36.2 Å². The van der Waals surface area contributed by atoms with Gasteiger partial charge in [0.2, 0.25) is 15.9 Å². The Bertz CT molecular complexity index is 899. The second-order valence-electron chi connectivity index (χ2n) is 5.86. The SMILES string of the molecule is CCC(C(=O)Nc1cccc(Cl)c1C)N(c1ccc(Cl)cc1)S(C)(=O)=O. The molecule has 1 amide bonds. The average Bonchev–Trinajstić information content (AvgIpc) is 2.56. The van der Waals surface area contributed by atoms with Crippen molar-refractivity contribution >= 4 is 50.5 Å². The van der Waals surface area contributed by atoms with Crippen molar-refractivity contribution in [1.82, 2.24) is 0 Å². The van der Waals surface area contributed by atoms with Gasteiger partial charge in [0.15, 0.2) is 0 Å². The molecule has 0 aliphatic heterocycles. The molecule has 0 spiro atoms. The van der Waals surface area contributed by atoms with Crippen molar-refractivity contribution < 1.29 is 13.2 Å². The molecule has 0 saturated heterocycles. The van der Waals surface area contributed by atoms with Crippen LogP contribution in [0.25, 0.3) is 0 Å². The van der Waals surface area contributed by atoms with Gasteiger partial charge in [-0.05, 0) is 55.3 Å². The summed E-state index contributed by atoms with van der Waals surface area (Å²) in [5.41, 5.74) is 1.64. The predicted molar refractivity (Wildman–Crippen MR) is 108 cm³/mol. The van der Waals surface area contributed by atoms with Crippen LogP contribution in [-0.4, -0.2) is 26.6 Å². The molecule has 2 aromatic carbocycles. The first kappa shape index (κ1) is 20.6. The van der Waals surface area contributed by atoms with Crippen LogP contribution in [-0.2, 0) is 14.8 Å². The number of nitrogens with zero attached hydrogens (tertiary/aromatic N) is 1. The fourth-order valence-corrected chi connectivity index (χ4v) is 4.12. The summed E-state index contributed by atoms with van der Waals surface area (Å²) in [4.78, 5) is 12.8. The predicted octanol–water partition coefficient (Wildman–Crippen LogP) is 4.49. The first-order chi connectivity index (χ1) is 12.1. The highest BCUT2D eigenvalue weighted by Gasteiger charge is 2.31. The summed E-state index contributed by atoms with van der Waals surface area (Å²) in [7, 11) is -3.69. The van der Waals surface area contributed by atoms with Gasteiger partial charge in [-0.3, -0.25) is 9.10 Å². The number of halogens is 2. The van der Waals surface area contributed by atoms with Crippen LogP contribution < -0.4 is 9.62 Å². The highest BCUT2D eigenvalue weighted by Crippen LogP contribution is 2.27. The maximum atomic E-state index is 12.8. The minimum Gasteiger partial charge on any atom is -0.324 e. The molecule has 5 nitrogen and oxygen atoms in total. The van der Waals surface area contributed by atoms with E-state index in [1.165, 1.54) is 0 Å². The Balaban J connectivity index is 2.40. The van der Waals surface area contributed by atoms with Gasteiger partial charge >= 0.3 is 0 Å². The van der Waals surface area contributed by atoms with Crippen molar-refractivity contribution in [2.45, 2.75) is 26.3 Å². The van der Waals surface area contributed by atoms with Gasteiger partial charge in [0, 0.05) is 15.7 Å². The molecule has 2 aromatic rings. The van der Waals surface area contributed by atoms with E-state index in [1.54, 1.807) is 56.3 Å². The smallest absolute Gasteiger partial charge is 0.248 e. The zero-order chi connectivity index (χ0) is 19.5.